The molecule has 1 aliphatic heterocycles. The minimum atomic E-state index is 0.679. The van der Waals surface area contributed by atoms with E-state index in [0.29, 0.717) is 23.0 Å². The van der Waals surface area contributed by atoms with Crippen LogP contribution in [-0.4, -0.2) is 0 Å². The Hall–Kier alpha value is -3.34. The molecule has 5 aromatic carbocycles. The number of halogens is 2. The molecule has 0 N–H and O–H groups in total. The third-order valence-corrected chi connectivity index (χ3v) is 7.66. The van der Waals surface area contributed by atoms with E-state index < -0.39 is 0 Å². The maximum Gasteiger partial charge on any atom is 0.171 e. The second-order valence-electron chi connectivity index (χ2n) is 8.03. The summed E-state index contributed by atoms with van der Waals surface area (Å²) in [5.74, 6) is 2.75. The van der Waals surface area contributed by atoms with Crippen LogP contribution in [0.5, 0.6) is 23.0 Å². The Kier molecular flexibility index (Phi) is 5.48. The summed E-state index contributed by atoms with van der Waals surface area (Å²) in [6, 6.07) is 38.4. The zero-order chi connectivity index (χ0) is 23.1. The van der Waals surface area contributed by atoms with Crippen LogP contribution in [0.4, 0.5) is 0 Å². The zero-order valence-electron chi connectivity index (χ0n) is 17.9. The van der Waals surface area contributed by atoms with Crippen LogP contribution in [0.15, 0.2) is 112 Å². The van der Waals surface area contributed by atoms with Crippen molar-refractivity contribution in [2.45, 2.75) is 0 Å². The summed E-state index contributed by atoms with van der Waals surface area (Å²) in [6.07, 6.45) is 0. The van der Waals surface area contributed by atoms with E-state index in [2.05, 4.69) is 92.5 Å². The van der Waals surface area contributed by atoms with Gasteiger partial charge < -0.3 is 9.47 Å². The second-order valence-corrected chi connectivity index (χ2v) is 9.74. The third kappa shape index (κ3) is 4.04. The molecule has 0 aromatic heterocycles. The van der Waals surface area contributed by atoms with E-state index in [1.54, 1.807) is 0 Å². The lowest BCUT2D eigenvalue weighted by Crippen LogP contribution is -1.99. The largest absolute Gasteiger partial charge is 0.449 e. The molecule has 0 atom stereocenters. The summed E-state index contributed by atoms with van der Waals surface area (Å²) >= 11 is 7.04. The van der Waals surface area contributed by atoms with Crippen LogP contribution in [0.3, 0.4) is 0 Å². The molecule has 4 heteroatoms. The van der Waals surface area contributed by atoms with E-state index in [9.17, 15) is 0 Å². The minimum absolute atomic E-state index is 0.679. The lowest BCUT2D eigenvalue weighted by Gasteiger charge is -2.22. The first-order valence-corrected chi connectivity index (χ1v) is 12.4. The van der Waals surface area contributed by atoms with Gasteiger partial charge in [-0.25, -0.2) is 0 Å². The summed E-state index contributed by atoms with van der Waals surface area (Å²) in [7, 11) is 0. The van der Waals surface area contributed by atoms with Gasteiger partial charge in [0.1, 0.15) is 0 Å². The van der Waals surface area contributed by atoms with Crippen molar-refractivity contribution in [1.29, 1.82) is 0 Å². The Morgan fingerprint density at radius 2 is 0.941 bits per heavy atom. The van der Waals surface area contributed by atoms with E-state index in [-0.39, 0.29) is 0 Å². The highest BCUT2D eigenvalue weighted by Gasteiger charge is 2.21. The van der Waals surface area contributed by atoms with Gasteiger partial charge in [-0.2, -0.15) is 0 Å². The molecule has 0 aliphatic carbocycles. The van der Waals surface area contributed by atoms with E-state index in [4.69, 9.17) is 9.47 Å². The van der Waals surface area contributed by atoms with Crippen molar-refractivity contribution in [2.75, 3.05) is 0 Å². The monoisotopic (exact) mass is 567 g/mol. The van der Waals surface area contributed by atoms with Crippen LogP contribution in [0, 0.1) is 6.07 Å². The summed E-state index contributed by atoms with van der Waals surface area (Å²) in [6.45, 7) is 0. The van der Waals surface area contributed by atoms with Crippen molar-refractivity contribution in [2.24, 2.45) is 0 Å². The Balaban J connectivity index is 1.30. The molecule has 0 amide bonds. The quantitative estimate of drug-likeness (QED) is 0.211. The fourth-order valence-corrected chi connectivity index (χ4v) is 4.69. The number of fused-ring (bicyclic) bond motifs is 2. The molecule has 2 nitrogen and oxygen atoms in total. The van der Waals surface area contributed by atoms with Gasteiger partial charge in [-0.05, 0) is 102 Å². The van der Waals surface area contributed by atoms with Crippen molar-refractivity contribution in [3.63, 3.8) is 0 Å². The molecule has 5 aromatic rings. The Labute approximate surface area is 215 Å². The highest BCUT2D eigenvalue weighted by Crippen LogP contribution is 2.49. The van der Waals surface area contributed by atoms with Crippen molar-refractivity contribution in [3.8, 4) is 56.4 Å². The standard InChI is InChI=1S/C30H17Br2O2/c31-25-17-29-30(18-26(25)32)34-28-16-24(13-14-27(28)33-29)23-8-4-7-22(15-23)21-11-9-20(10-12-21)19-5-2-1-3-6-19/h1-3,5-18H. The molecular formula is C30H17Br2O2. The molecule has 0 fully saturated rings. The molecule has 163 valence electrons. The van der Waals surface area contributed by atoms with Gasteiger partial charge >= 0.3 is 0 Å². The van der Waals surface area contributed by atoms with Crippen LogP contribution in [0.1, 0.15) is 0 Å². The minimum Gasteiger partial charge on any atom is -0.449 e. The van der Waals surface area contributed by atoms with Gasteiger partial charge in [-0.3, -0.25) is 0 Å². The lowest BCUT2D eigenvalue weighted by molar-refractivity contribution is 0.359. The highest BCUT2D eigenvalue weighted by molar-refractivity contribution is 9.13. The molecule has 0 unspecified atom stereocenters. The van der Waals surface area contributed by atoms with E-state index in [0.717, 1.165) is 31.2 Å². The average Bonchev–Trinajstić information content (AvgIpc) is 2.89. The smallest absolute Gasteiger partial charge is 0.171 e. The van der Waals surface area contributed by atoms with Gasteiger partial charge in [0, 0.05) is 21.1 Å². The Morgan fingerprint density at radius 3 is 1.62 bits per heavy atom. The number of hydrogen-bond acceptors (Lipinski definition) is 2. The van der Waals surface area contributed by atoms with E-state index >= 15 is 0 Å². The van der Waals surface area contributed by atoms with Crippen molar-refractivity contribution < 1.29 is 9.47 Å². The molecule has 0 spiro atoms. The molecule has 0 bridgehead atoms. The first-order valence-electron chi connectivity index (χ1n) is 10.8. The maximum atomic E-state index is 6.16. The predicted molar refractivity (Wildman–Crippen MR) is 144 cm³/mol. The summed E-state index contributed by atoms with van der Waals surface area (Å²) in [4.78, 5) is 0. The van der Waals surface area contributed by atoms with E-state index in [1.807, 2.05) is 48.5 Å². The van der Waals surface area contributed by atoms with E-state index in [1.165, 1.54) is 11.1 Å². The molecule has 1 radical (unpaired) electrons. The van der Waals surface area contributed by atoms with Crippen molar-refractivity contribution >= 4 is 31.9 Å². The molecule has 1 aliphatic rings. The number of benzene rings is 5. The third-order valence-electron chi connectivity index (χ3n) is 5.82. The fourth-order valence-electron chi connectivity index (χ4n) is 4.05. The first-order chi connectivity index (χ1) is 16.6. The van der Waals surface area contributed by atoms with Gasteiger partial charge in [0.25, 0.3) is 0 Å². The molecule has 34 heavy (non-hydrogen) atoms. The zero-order valence-corrected chi connectivity index (χ0v) is 21.1. The number of ether oxygens (including phenoxy) is 2. The highest BCUT2D eigenvalue weighted by atomic mass is 79.9. The summed E-state index contributed by atoms with van der Waals surface area (Å²) in [5.41, 5.74) is 6.80. The maximum absolute atomic E-state index is 6.16. The molecule has 1 heterocycles. The Morgan fingerprint density at radius 1 is 0.441 bits per heavy atom. The van der Waals surface area contributed by atoms with Crippen LogP contribution in [0.25, 0.3) is 33.4 Å². The fraction of sp³-hybridized carbons (Fsp3) is 0. The second kappa shape index (κ2) is 8.79. The molecule has 0 saturated carbocycles. The van der Waals surface area contributed by atoms with Gasteiger partial charge in [0.05, 0.1) is 0 Å². The summed E-state index contributed by atoms with van der Waals surface area (Å²) in [5, 5.41) is 0. The Bertz CT molecular complexity index is 1510. The van der Waals surface area contributed by atoms with Crippen LogP contribution < -0.4 is 9.47 Å². The van der Waals surface area contributed by atoms with Gasteiger partial charge in [0.15, 0.2) is 23.0 Å². The van der Waals surface area contributed by atoms with Crippen LogP contribution in [0.2, 0.25) is 0 Å². The number of rotatable bonds is 3. The van der Waals surface area contributed by atoms with Crippen molar-refractivity contribution in [3.05, 3.63) is 118 Å². The topological polar surface area (TPSA) is 18.5 Å². The van der Waals surface area contributed by atoms with Crippen LogP contribution >= 0.6 is 31.9 Å². The normalized spacial score (nSPS) is 11.7. The van der Waals surface area contributed by atoms with Gasteiger partial charge in [0.2, 0.25) is 0 Å². The lowest BCUT2D eigenvalue weighted by atomic mass is 9.97. The molecular weight excluding hydrogens is 552 g/mol. The number of hydrogen-bond donors (Lipinski definition) is 0. The van der Waals surface area contributed by atoms with Gasteiger partial charge in [-0.1, -0.05) is 60.7 Å². The molecule has 6 rings (SSSR count). The van der Waals surface area contributed by atoms with Crippen molar-refractivity contribution in [1.82, 2.24) is 0 Å². The average molecular weight is 569 g/mol. The van der Waals surface area contributed by atoms with Crippen LogP contribution in [-0.2, 0) is 0 Å². The SMILES string of the molecule is Brc1cc2c(cc1Br)Oc1cc(-c3c[c]cc(-c4ccc(-c5ccccc5)cc4)c3)ccc1O2. The first kappa shape index (κ1) is 21.2. The predicted octanol–water partition coefficient (Wildman–Crippen LogP) is 9.91. The molecule has 0 saturated heterocycles. The van der Waals surface area contributed by atoms with Gasteiger partial charge in [-0.15, -0.1) is 0 Å². The summed E-state index contributed by atoms with van der Waals surface area (Å²) < 4.78 is 14.0.